The average molecular weight is 305 g/mol. The fourth-order valence-corrected chi connectivity index (χ4v) is 6.30. The third kappa shape index (κ3) is 3.90. The molecule has 3 fully saturated rings. The smallest absolute Gasteiger partial charge is 0.0381 e. The topological polar surface area (TPSA) is 0 Å². The number of rotatable bonds is 2. The van der Waals surface area contributed by atoms with Gasteiger partial charge in [-0.15, -0.1) is 0 Å². The Labute approximate surface area is 139 Å². The van der Waals surface area contributed by atoms with Crippen LogP contribution in [0.15, 0.2) is 0 Å². The largest absolute Gasteiger partial charge is 0.0622 e. The molecule has 0 bridgehead atoms. The van der Waals surface area contributed by atoms with Crippen molar-refractivity contribution in [1.29, 1.82) is 0 Å². The normalized spacial score (nSPS) is 45.4. The Hall–Kier alpha value is 0. The lowest BCUT2D eigenvalue weighted by molar-refractivity contribution is 0.0695. The van der Waals surface area contributed by atoms with Gasteiger partial charge in [-0.25, -0.2) is 0 Å². The zero-order valence-electron chi connectivity index (χ0n) is 15.5. The van der Waals surface area contributed by atoms with Crippen LogP contribution in [0.1, 0.15) is 97.8 Å². The van der Waals surface area contributed by atoms with E-state index in [9.17, 15) is 0 Å². The van der Waals surface area contributed by atoms with E-state index in [1.807, 2.05) is 0 Å². The number of hydrogen-bond acceptors (Lipinski definition) is 0. The predicted molar refractivity (Wildman–Crippen MR) is 96.9 cm³/mol. The third-order valence-corrected chi connectivity index (χ3v) is 8.19. The van der Waals surface area contributed by atoms with Crippen LogP contribution in [0.2, 0.25) is 0 Å². The Balaban J connectivity index is 1.49. The lowest BCUT2D eigenvalue weighted by atomic mass is 9.62. The molecule has 0 aromatic heterocycles. The van der Waals surface area contributed by atoms with E-state index in [4.69, 9.17) is 0 Å². The molecule has 0 radical (unpaired) electrons. The summed E-state index contributed by atoms with van der Waals surface area (Å²) in [5, 5.41) is 0. The first-order chi connectivity index (χ1) is 10.6. The quantitative estimate of drug-likeness (QED) is 0.478. The summed E-state index contributed by atoms with van der Waals surface area (Å²) in [7, 11) is 0. The summed E-state index contributed by atoms with van der Waals surface area (Å²) in [6.07, 6.45) is 18.6. The SMILES string of the molecule is CC1CC(C2CCC(C3CCCCCC3)CC2)CC(C)C1C. The van der Waals surface area contributed by atoms with Crippen LogP contribution in [0.25, 0.3) is 0 Å². The van der Waals surface area contributed by atoms with Gasteiger partial charge in [-0.1, -0.05) is 59.3 Å². The van der Waals surface area contributed by atoms with Gasteiger partial charge in [-0.3, -0.25) is 0 Å². The molecular weight excluding hydrogens is 264 g/mol. The van der Waals surface area contributed by atoms with Crippen LogP contribution in [-0.4, -0.2) is 0 Å². The van der Waals surface area contributed by atoms with Crippen LogP contribution in [0.5, 0.6) is 0 Å². The summed E-state index contributed by atoms with van der Waals surface area (Å²) < 4.78 is 0. The third-order valence-electron chi connectivity index (χ3n) is 8.19. The molecular formula is C22H40. The lowest BCUT2D eigenvalue weighted by Gasteiger charge is -2.43. The molecule has 128 valence electrons. The fourth-order valence-electron chi connectivity index (χ4n) is 6.30. The van der Waals surface area contributed by atoms with Crippen molar-refractivity contribution < 1.29 is 0 Å². The summed E-state index contributed by atoms with van der Waals surface area (Å²) in [6.45, 7) is 7.53. The molecule has 0 heterocycles. The van der Waals surface area contributed by atoms with Crippen molar-refractivity contribution in [2.45, 2.75) is 97.8 Å². The van der Waals surface area contributed by atoms with Crippen LogP contribution in [0, 0.1) is 41.4 Å². The summed E-state index contributed by atoms with van der Waals surface area (Å²) in [5.41, 5.74) is 0. The first-order valence-electron chi connectivity index (χ1n) is 10.6. The molecule has 0 N–H and O–H groups in total. The van der Waals surface area contributed by atoms with Gasteiger partial charge in [0.25, 0.3) is 0 Å². The molecule has 0 aromatic carbocycles. The van der Waals surface area contributed by atoms with Crippen LogP contribution in [-0.2, 0) is 0 Å². The molecule has 22 heavy (non-hydrogen) atoms. The molecule has 3 aliphatic rings. The molecule has 0 aliphatic heterocycles. The zero-order chi connectivity index (χ0) is 15.5. The highest BCUT2D eigenvalue weighted by Crippen LogP contribution is 2.47. The van der Waals surface area contributed by atoms with Crippen molar-refractivity contribution in [3.8, 4) is 0 Å². The first-order valence-corrected chi connectivity index (χ1v) is 10.6. The minimum Gasteiger partial charge on any atom is -0.0622 e. The van der Waals surface area contributed by atoms with E-state index in [1.165, 1.54) is 38.5 Å². The standard InChI is InChI=1S/C22H40/c1-16-14-22(15-17(2)18(16)3)21-12-10-20(11-13-21)19-8-6-4-5-7-9-19/h16-22H,4-15H2,1-3H3. The first kappa shape index (κ1) is 16.8. The molecule has 0 saturated heterocycles. The minimum absolute atomic E-state index is 0.957. The molecule has 3 saturated carbocycles. The van der Waals surface area contributed by atoms with Gasteiger partial charge in [-0.2, -0.15) is 0 Å². The Kier molecular flexibility index (Phi) is 5.91. The second-order valence-electron chi connectivity index (χ2n) is 9.47. The van der Waals surface area contributed by atoms with Gasteiger partial charge in [0, 0.05) is 0 Å². The highest BCUT2D eigenvalue weighted by Gasteiger charge is 2.36. The van der Waals surface area contributed by atoms with Crippen molar-refractivity contribution in [1.82, 2.24) is 0 Å². The summed E-state index contributed by atoms with van der Waals surface area (Å²) in [4.78, 5) is 0. The van der Waals surface area contributed by atoms with Gasteiger partial charge in [0.1, 0.15) is 0 Å². The molecule has 3 rings (SSSR count). The maximum absolute atomic E-state index is 2.52. The Morgan fingerprint density at radius 3 is 1.36 bits per heavy atom. The number of hydrogen-bond donors (Lipinski definition) is 0. The van der Waals surface area contributed by atoms with Crippen LogP contribution in [0.4, 0.5) is 0 Å². The second-order valence-corrected chi connectivity index (χ2v) is 9.47. The maximum atomic E-state index is 2.52. The van der Waals surface area contributed by atoms with Crippen LogP contribution < -0.4 is 0 Å². The second kappa shape index (κ2) is 7.71. The van der Waals surface area contributed by atoms with E-state index in [-0.39, 0.29) is 0 Å². The van der Waals surface area contributed by atoms with Gasteiger partial charge in [-0.05, 0) is 80.0 Å². The van der Waals surface area contributed by atoms with E-state index in [1.54, 1.807) is 38.5 Å². The maximum Gasteiger partial charge on any atom is -0.0381 e. The van der Waals surface area contributed by atoms with Crippen molar-refractivity contribution in [2.24, 2.45) is 41.4 Å². The Morgan fingerprint density at radius 1 is 0.455 bits per heavy atom. The molecule has 0 amide bonds. The average Bonchev–Trinajstić information content (AvgIpc) is 2.81. The van der Waals surface area contributed by atoms with Crippen molar-refractivity contribution in [3.63, 3.8) is 0 Å². The van der Waals surface area contributed by atoms with Gasteiger partial charge < -0.3 is 0 Å². The molecule has 0 nitrogen and oxygen atoms in total. The Bertz CT molecular complexity index is 305. The summed E-state index contributed by atoms with van der Waals surface area (Å²) >= 11 is 0. The highest BCUT2D eigenvalue weighted by atomic mass is 14.4. The Morgan fingerprint density at radius 2 is 0.864 bits per heavy atom. The van der Waals surface area contributed by atoms with Crippen molar-refractivity contribution in [2.75, 3.05) is 0 Å². The molecule has 2 unspecified atom stereocenters. The molecule has 3 aliphatic carbocycles. The molecule has 0 aromatic rings. The van der Waals surface area contributed by atoms with E-state index in [0.29, 0.717) is 0 Å². The van der Waals surface area contributed by atoms with Crippen molar-refractivity contribution >= 4 is 0 Å². The van der Waals surface area contributed by atoms with Crippen LogP contribution >= 0.6 is 0 Å². The minimum atomic E-state index is 0.957. The molecule has 2 atom stereocenters. The summed E-state index contributed by atoms with van der Waals surface area (Å²) in [6, 6.07) is 0. The van der Waals surface area contributed by atoms with Crippen molar-refractivity contribution in [3.05, 3.63) is 0 Å². The van der Waals surface area contributed by atoms with Gasteiger partial charge in [0.05, 0.1) is 0 Å². The molecule has 0 spiro atoms. The van der Waals surface area contributed by atoms with E-state index in [0.717, 1.165) is 41.4 Å². The summed E-state index contributed by atoms with van der Waals surface area (Å²) in [5.74, 6) is 7.25. The van der Waals surface area contributed by atoms with E-state index < -0.39 is 0 Å². The fraction of sp³-hybridized carbons (Fsp3) is 1.00. The van der Waals surface area contributed by atoms with E-state index in [2.05, 4.69) is 20.8 Å². The van der Waals surface area contributed by atoms with E-state index >= 15 is 0 Å². The van der Waals surface area contributed by atoms with Gasteiger partial charge >= 0.3 is 0 Å². The zero-order valence-corrected chi connectivity index (χ0v) is 15.5. The monoisotopic (exact) mass is 304 g/mol. The van der Waals surface area contributed by atoms with Crippen LogP contribution in [0.3, 0.4) is 0 Å². The highest BCUT2D eigenvalue weighted by molar-refractivity contribution is 4.87. The van der Waals surface area contributed by atoms with Gasteiger partial charge in [0.15, 0.2) is 0 Å². The predicted octanol–water partition coefficient (Wildman–Crippen LogP) is 7.08. The lowest BCUT2D eigenvalue weighted by Crippen LogP contribution is -2.34. The molecule has 0 heteroatoms. The van der Waals surface area contributed by atoms with Gasteiger partial charge in [0.2, 0.25) is 0 Å².